The minimum atomic E-state index is -0.766. The number of carbonyl (C=O) groups excluding carboxylic acids is 2. The predicted molar refractivity (Wildman–Crippen MR) is 95.1 cm³/mol. The quantitative estimate of drug-likeness (QED) is 0.238. The summed E-state index contributed by atoms with van der Waals surface area (Å²) in [6.07, 6.45) is -0.478. The molecule has 0 heterocycles. The number of carbonyl (C=O) groups is 2. The zero-order valence-electron chi connectivity index (χ0n) is 14.4. The zero-order chi connectivity index (χ0) is 20.5. The van der Waals surface area contributed by atoms with Gasteiger partial charge >= 0.3 is 12.1 Å². The van der Waals surface area contributed by atoms with E-state index in [1.54, 1.807) is 0 Å². The zero-order valence-corrected chi connectivity index (χ0v) is 14.4. The molecule has 146 valence electrons. The second kappa shape index (κ2) is 9.62. The topological polar surface area (TPSA) is 151 Å². The van der Waals surface area contributed by atoms with Gasteiger partial charge in [-0.1, -0.05) is 0 Å². The number of hydrogen-bond acceptors (Lipinski definition) is 8. The lowest BCUT2D eigenvalue weighted by molar-refractivity contribution is -0.385. The van der Waals surface area contributed by atoms with E-state index in [1.807, 2.05) is 0 Å². The van der Waals surface area contributed by atoms with Crippen molar-refractivity contribution in [3.8, 4) is 11.5 Å². The number of ether oxygens (including phenoxy) is 2. The number of nitro benzene ring substituents is 2. The normalized spacial score (nSPS) is 10.0. The Morgan fingerprint density at radius 1 is 0.821 bits per heavy atom. The summed E-state index contributed by atoms with van der Waals surface area (Å²) in [7, 11) is 0. The van der Waals surface area contributed by atoms with E-state index in [0.717, 1.165) is 0 Å². The molecule has 1 N–H and O–H groups in total. The summed E-state index contributed by atoms with van der Waals surface area (Å²) in [6, 6.07) is 10.1. The maximum Gasteiger partial charge on any atom is 0.412 e. The molecule has 0 aliphatic heterocycles. The highest BCUT2D eigenvalue weighted by molar-refractivity contribution is 5.73. The van der Waals surface area contributed by atoms with Crippen molar-refractivity contribution in [3.63, 3.8) is 0 Å². The van der Waals surface area contributed by atoms with Crippen LogP contribution in [0.25, 0.3) is 0 Å². The summed E-state index contributed by atoms with van der Waals surface area (Å²) >= 11 is 0. The third-order valence-electron chi connectivity index (χ3n) is 3.36. The number of hydrogen-bond donors (Lipinski definition) is 1. The van der Waals surface area contributed by atoms with Crippen molar-refractivity contribution in [2.75, 3.05) is 6.54 Å². The van der Waals surface area contributed by atoms with E-state index in [0.29, 0.717) is 0 Å². The molecule has 0 fully saturated rings. The van der Waals surface area contributed by atoms with Crippen molar-refractivity contribution in [1.82, 2.24) is 5.32 Å². The highest BCUT2D eigenvalue weighted by Gasteiger charge is 2.10. The molecule has 0 spiro atoms. The first-order valence-electron chi connectivity index (χ1n) is 8.00. The van der Waals surface area contributed by atoms with Crippen LogP contribution in [0.15, 0.2) is 48.5 Å². The molecule has 0 unspecified atom stereocenters. The molecule has 0 saturated carbocycles. The van der Waals surface area contributed by atoms with Gasteiger partial charge in [0.15, 0.2) is 0 Å². The number of esters is 1. The van der Waals surface area contributed by atoms with Gasteiger partial charge in [-0.15, -0.1) is 0 Å². The summed E-state index contributed by atoms with van der Waals surface area (Å²) in [6.45, 7) is 0.140. The fourth-order valence-electron chi connectivity index (χ4n) is 2.02. The number of nitrogens with zero attached hydrogens (tertiary/aromatic N) is 2. The molecule has 11 nitrogen and oxygen atoms in total. The molecule has 2 aromatic rings. The van der Waals surface area contributed by atoms with Gasteiger partial charge in [0.2, 0.25) is 0 Å². The first-order valence-corrected chi connectivity index (χ1v) is 8.00. The number of rotatable bonds is 8. The second-order valence-corrected chi connectivity index (χ2v) is 5.40. The Balaban J connectivity index is 1.67. The summed E-state index contributed by atoms with van der Waals surface area (Å²) in [5, 5.41) is 23.5. The highest BCUT2D eigenvalue weighted by Crippen LogP contribution is 2.18. The molecule has 1 amide bonds. The van der Waals surface area contributed by atoms with Crippen LogP contribution in [0.5, 0.6) is 11.5 Å². The molecule has 11 heteroatoms. The van der Waals surface area contributed by atoms with Crippen LogP contribution in [0.3, 0.4) is 0 Å². The molecule has 0 aromatic heterocycles. The first kappa shape index (κ1) is 20.3. The van der Waals surface area contributed by atoms with Crippen LogP contribution in [-0.4, -0.2) is 28.5 Å². The summed E-state index contributed by atoms with van der Waals surface area (Å²) in [4.78, 5) is 43.3. The van der Waals surface area contributed by atoms with Crippen molar-refractivity contribution >= 4 is 23.4 Å². The van der Waals surface area contributed by atoms with E-state index < -0.39 is 21.9 Å². The summed E-state index contributed by atoms with van der Waals surface area (Å²) in [5.41, 5.74) is -0.241. The van der Waals surface area contributed by atoms with Gasteiger partial charge in [-0.2, -0.15) is 0 Å². The van der Waals surface area contributed by atoms with Gasteiger partial charge in [0.1, 0.15) is 11.5 Å². The van der Waals surface area contributed by atoms with E-state index in [4.69, 9.17) is 9.47 Å². The van der Waals surface area contributed by atoms with Crippen molar-refractivity contribution in [3.05, 3.63) is 68.8 Å². The van der Waals surface area contributed by atoms with Crippen LogP contribution < -0.4 is 14.8 Å². The van der Waals surface area contributed by atoms with Crippen LogP contribution in [0.1, 0.15) is 12.8 Å². The largest absolute Gasteiger partial charge is 0.427 e. The predicted octanol–water partition coefficient (Wildman–Crippen LogP) is 2.98. The lowest BCUT2D eigenvalue weighted by Crippen LogP contribution is -2.28. The van der Waals surface area contributed by atoms with Gasteiger partial charge in [0, 0.05) is 37.2 Å². The Bertz CT molecular complexity index is 791. The SMILES string of the molecule is O=C(CCCNC(=O)Oc1ccc([N+](=O)[O-])cc1)Oc1ccc([N+](=O)[O-])cc1. The Kier molecular flexibility index (Phi) is 6.97. The first-order chi connectivity index (χ1) is 13.3. The standard InChI is InChI=1S/C17H15N3O8/c21-16(27-14-7-3-12(4-8-14)19(23)24)2-1-11-18-17(22)28-15-9-5-13(6-10-15)20(25)26/h3-10H,1-2,11H2,(H,18,22). The van der Waals surface area contributed by atoms with Crippen LogP contribution in [0, 0.1) is 20.2 Å². The second-order valence-electron chi connectivity index (χ2n) is 5.40. The fraction of sp³-hybridized carbons (Fsp3) is 0.176. The van der Waals surface area contributed by atoms with Gasteiger partial charge in [-0.25, -0.2) is 4.79 Å². The van der Waals surface area contributed by atoms with Gasteiger partial charge in [-0.05, 0) is 30.7 Å². The molecule has 0 aliphatic rings. The van der Waals surface area contributed by atoms with Crippen LogP contribution in [0.4, 0.5) is 16.2 Å². The molecule has 0 bridgehead atoms. The Labute approximate surface area is 158 Å². The number of benzene rings is 2. The third kappa shape index (κ3) is 6.37. The smallest absolute Gasteiger partial charge is 0.412 e. The Hall–Kier alpha value is -4.02. The lowest BCUT2D eigenvalue weighted by Gasteiger charge is -2.07. The monoisotopic (exact) mass is 389 g/mol. The maximum absolute atomic E-state index is 11.7. The fourth-order valence-corrected chi connectivity index (χ4v) is 2.02. The van der Waals surface area contributed by atoms with Crippen molar-refractivity contribution in [2.45, 2.75) is 12.8 Å². The minimum Gasteiger partial charge on any atom is -0.427 e. The molecule has 0 radical (unpaired) electrons. The number of amides is 1. The summed E-state index contributed by atoms with van der Waals surface area (Å²) in [5.74, 6) is -0.235. The van der Waals surface area contributed by atoms with Crippen molar-refractivity contribution in [1.29, 1.82) is 0 Å². The third-order valence-corrected chi connectivity index (χ3v) is 3.36. The van der Waals surface area contributed by atoms with Gasteiger partial charge < -0.3 is 14.8 Å². The van der Waals surface area contributed by atoms with Crippen molar-refractivity contribution < 1.29 is 28.9 Å². The molecule has 28 heavy (non-hydrogen) atoms. The number of nitro groups is 2. The van der Waals surface area contributed by atoms with Crippen LogP contribution >= 0.6 is 0 Å². The lowest BCUT2D eigenvalue weighted by atomic mass is 10.3. The molecule has 2 aromatic carbocycles. The highest BCUT2D eigenvalue weighted by atomic mass is 16.6. The van der Waals surface area contributed by atoms with E-state index in [2.05, 4.69) is 5.32 Å². The molecule has 0 saturated heterocycles. The molecular weight excluding hydrogens is 374 g/mol. The number of non-ortho nitro benzene ring substituents is 2. The summed E-state index contributed by atoms with van der Waals surface area (Å²) < 4.78 is 9.96. The maximum atomic E-state index is 11.7. The Morgan fingerprint density at radius 3 is 1.75 bits per heavy atom. The molecule has 0 atom stereocenters. The van der Waals surface area contributed by atoms with Crippen LogP contribution in [-0.2, 0) is 4.79 Å². The Morgan fingerprint density at radius 2 is 1.29 bits per heavy atom. The molecule has 0 aliphatic carbocycles. The molecular formula is C17H15N3O8. The van der Waals surface area contributed by atoms with E-state index >= 15 is 0 Å². The number of nitrogens with one attached hydrogen (secondary N) is 1. The van der Waals surface area contributed by atoms with Crippen LogP contribution in [0.2, 0.25) is 0 Å². The average molecular weight is 389 g/mol. The average Bonchev–Trinajstić information content (AvgIpc) is 2.66. The van der Waals surface area contributed by atoms with E-state index in [-0.39, 0.29) is 42.3 Å². The molecule has 2 rings (SSSR count). The van der Waals surface area contributed by atoms with Gasteiger partial charge in [0.05, 0.1) is 9.85 Å². The van der Waals surface area contributed by atoms with E-state index in [1.165, 1.54) is 48.5 Å². The van der Waals surface area contributed by atoms with Gasteiger partial charge in [0.25, 0.3) is 11.4 Å². The van der Waals surface area contributed by atoms with Gasteiger partial charge in [-0.3, -0.25) is 25.0 Å². The van der Waals surface area contributed by atoms with E-state index in [9.17, 15) is 29.8 Å². The minimum absolute atomic E-state index is 0.00873. The van der Waals surface area contributed by atoms with Crippen molar-refractivity contribution in [2.24, 2.45) is 0 Å².